The van der Waals surface area contributed by atoms with Crippen molar-refractivity contribution in [1.29, 1.82) is 0 Å². The van der Waals surface area contributed by atoms with E-state index >= 15 is 0 Å². The van der Waals surface area contributed by atoms with Crippen molar-refractivity contribution < 1.29 is 0 Å². The minimum absolute atomic E-state index is 0.538. The van der Waals surface area contributed by atoms with Gasteiger partial charge in [0.1, 0.15) is 12.2 Å². The van der Waals surface area contributed by atoms with Crippen LogP contribution in [0.3, 0.4) is 0 Å². The summed E-state index contributed by atoms with van der Waals surface area (Å²) in [7, 11) is 0. The van der Waals surface area contributed by atoms with E-state index in [9.17, 15) is 0 Å². The standard InChI is InChI=1S/C34H39N7/c1-25-13-12-18-30(27(25)3)40-22-21-39(26(2)23-40)20-11-10-19-35-32-31-34(37-24-36-32)41(29-16-8-5-9-17-29)33(38-31)28-14-6-4-7-15-28/h4-9,12-18,24,26H,10-11,19-23H2,1-3H3,(H,35,36,37)/t26-/m1/s1. The average Bonchev–Trinajstić information content (AvgIpc) is 3.40. The molecule has 0 aliphatic carbocycles. The number of benzene rings is 3. The molecule has 6 rings (SSSR count). The third kappa shape index (κ3) is 5.68. The van der Waals surface area contributed by atoms with Gasteiger partial charge < -0.3 is 10.2 Å². The summed E-state index contributed by atoms with van der Waals surface area (Å²) < 4.78 is 2.12. The van der Waals surface area contributed by atoms with E-state index in [0.717, 1.165) is 79.6 Å². The molecule has 5 aromatic rings. The number of nitrogens with zero attached hydrogens (tertiary/aromatic N) is 6. The highest BCUT2D eigenvalue weighted by Crippen LogP contribution is 2.30. The zero-order valence-electron chi connectivity index (χ0n) is 24.3. The maximum absolute atomic E-state index is 5.05. The van der Waals surface area contributed by atoms with Crippen LogP contribution in [0.2, 0.25) is 0 Å². The van der Waals surface area contributed by atoms with E-state index in [1.807, 2.05) is 36.4 Å². The van der Waals surface area contributed by atoms with Crippen molar-refractivity contribution in [3.05, 3.63) is 96.3 Å². The Hall–Kier alpha value is -4.23. The lowest BCUT2D eigenvalue weighted by Gasteiger charge is -2.41. The van der Waals surface area contributed by atoms with Gasteiger partial charge in [-0.05, 0) is 69.5 Å². The number of piperazine rings is 1. The monoisotopic (exact) mass is 545 g/mol. The lowest BCUT2D eigenvalue weighted by molar-refractivity contribution is 0.186. The largest absolute Gasteiger partial charge is 0.368 e. The summed E-state index contributed by atoms with van der Waals surface area (Å²) in [5.41, 5.74) is 7.85. The van der Waals surface area contributed by atoms with E-state index in [1.165, 1.54) is 16.8 Å². The minimum Gasteiger partial charge on any atom is -0.368 e. The summed E-state index contributed by atoms with van der Waals surface area (Å²) in [5, 5.41) is 3.57. The number of nitrogens with one attached hydrogen (secondary N) is 1. The van der Waals surface area contributed by atoms with E-state index < -0.39 is 0 Å². The van der Waals surface area contributed by atoms with Crippen LogP contribution in [0.15, 0.2) is 85.2 Å². The van der Waals surface area contributed by atoms with Gasteiger partial charge >= 0.3 is 0 Å². The summed E-state index contributed by atoms with van der Waals surface area (Å²) in [4.78, 5) is 19.5. The Morgan fingerprint density at radius 3 is 2.41 bits per heavy atom. The molecule has 1 saturated heterocycles. The number of anilines is 2. The summed E-state index contributed by atoms with van der Waals surface area (Å²) in [5.74, 6) is 1.65. The first-order valence-electron chi connectivity index (χ1n) is 14.7. The van der Waals surface area contributed by atoms with Gasteiger partial charge in [-0.3, -0.25) is 9.47 Å². The number of aromatic nitrogens is 4. The van der Waals surface area contributed by atoms with Crippen LogP contribution >= 0.6 is 0 Å². The molecule has 0 bridgehead atoms. The topological polar surface area (TPSA) is 62.1 Å². The van der Waals surface area contributed by atoms with E-state index in [1.54, 1.807) is 6.33 Å². The lowest BCUT2D eigenvalue weighted by Crippen LogP contribution is -2.52. The Labute approximate surface area is 242 Å². The first-order chi connectivity index (χ1) is 20.1. The van der Waals surface area contributed by atoms with Crippen molar-refractivity contribution in [3.8, 4) is 17.1 Å². The van der Waals surface area contributed by atoms with Crippen molar-refractivity contribution >= 4 is 22.7 Å². The fraction of sp³-hybridized carbons (Fsp3) is 0.324. The molecule has 0 unspecified atom stereocenters. The van der Waals surface area contributed by atoms with Crippen LogP contribution in [-0.4, -0.2) is 63.2 Å². The molecule has 2 aromatic heterocycles. The Kier molecular flexibility index (Phi) is 7.96. The number of rotatable bonds is 9. The molecule has 0 amide bonds. The zero-order valence-corrected chi connectivity index (χ0v) is 24.3. The van der Waals surface area contributed by atoms with Gasteiger partial charge in [0.15, 0.2) is 17.0 Å². The number of imidazole rings is 1. The number of unbranched alkanes of at least 4 members (excludes halogenated alkanes) is 1. The highest BCUT2D eigenvalue weighted by molar-refractivity contribution is 5.88. The predicted molar refractivity (Wildman–Crippen MR) is 169 cm³/mol. The molecular formula is C34H39N7. The lowest BCUT2D eigenvalue weighted by atomic mass is 10.1. The molecular weight excluding hydrogens is 506 g/mol. The van der Waals surface area contributed by atoms with Gasteiger partial charge in [-0.25, -0.2) is 15.0 Å². The fourth-order valence-electron chi connectivity index (χ4n) is 5.90. The van der Waals surface area contributed by atoms with Crippen LogP contribution in [0.5, 0.6) is 0 Å². The molecule has 1 N–H and O–H groups in total. The highest BCUT2D eigenvalue weighted by Gasteiger charge is 2.24. The summed E-state index contributed by atoms with van der Waals surface area (Å²) >= 11 is 0. The van der Waals surface area contributed by atoms with Crippen LogP contribution in [0.25, 0.3) is 28.2 Å². The number of aryl methyl sites for hydroxylation is 1. The SMILES string of the molecule is Cc1cccc(N2CCN(CCCCNc3ncnc4c3nc(-c3ccccc3)n4-c3ccccc3)[C@H](C)C2)c1C. The van der Waals surface area contributed by atoms with E-state index in [4.69, 9.17) is 4.98 Å². The van der Waals surface area contributed by atoms with E-state index in [2.05, 4.69) is 92.9 Å². The smallest absolute Gasteiger partial charge is 0.170 e. The fourth-order valence-corrected chi connectivity index (χ4v) is 5.90. The maximum atomic E-state index is 5.05. The molecule has 1 aliphatic heterocycles. The van der Waals surface area contributed by atoms with Gasteiger partial charge in [-0.15, -0.1) is 0 Å². The summed E-state index contributed by atoms with van der Waals surface area (Å²) in [6.45, 7) is 12.0. The van der Waals surface area contributed by atoms with Gasteiger partial charge in [-0.2, -0.15) is 0 Å². The molecule has 7 heteroatoms. The van der Waals surface area contributed by atoms with E-state index in [0.29, 0.717) is 6.04 Å². The molecule has 0 saturated carbocycles. The molecule has 3 aromatic carbocycles. The molecule has 0 radical (unpaired) electrons. The van der Waals surface area contributed by atoms with Gasteiger partial charge in [0, 0.05) is 49.2 Å². The number of fused-ring (bicyclic) bond motifs is 1. The molecule has 41 heavy (non-hydrogen) atoms. The first kappa shape index (κ1) is 27.0. The number of para-hydroxylation sites is 1. The van der Waals surface area contributed by atoms with Crippen LogP contribution in [0.1, 0.15) is 30.9 Å². The Morgan fingerprint density at radius 1 is 0.854 bits per heavy atom. The third-order valence-electron chi connectivity index (χ3n) is 8.34. The van der Waals surface area contributed by atoms with Crippen molar-refractivity contribution in [2.45, 2.75) is 39.7 Å². The second kappa shape index (κ2) is 12.1. The van der Waals surface area contributed by atoms with Crippen LogP contribution < -0.4 is 10.2 Å². The molecule has 210 valence electrons. The molecule has 1 fully saturated rings. The van der Waals surface area contributed by atoms with Crippen molar-refractivity contribution in [2.24, 2.45) is 0 Å². The number of hydrogen-bond acceptors (Lipinski definition) is 6. The quantitative estimate of drug-likeness (QED) is 0.213. The van der Waals surface area contributed by atoms with Crippen LogP contribution in [0, 0.1) is 13.8 Å². The van der Waals surface area contributed by atoms with Gasteiger partial charge in [0.05, 0.1) is 0 Å². The van der Waals surface area contributed by atoms with Gasteiger partial charge in [0.25, 0.3) is 0 Å². The van der Waals surface area contributed by atoms with Crippen LogP contribution in [-0.2, 0) is 0 Å². The molecule has 1 aliphatic rings. The van der Waals surface area contributed by atoms with Crippen molar-refractivity contribution in [2.75, 3.05) is 42.9 Å². The molecule has 1 atom stereocenters. The van der Waals surface area contributed by atoms with E-state index in [-0.39, 0.29) is 0 Å². The Balaban J connectivity index is 1.09. The van der Waals surface area contributed by atoms with Gasteiger partial charge in [-0.1, -0.05) is 60.7 Å². The third-order valence-corrected chi connectivity index (χ3v) is 8.34. The average molecular weight is 546 g/mol. The number of hydrogen-bond donors (Lipinski definition) is 1. The Morgan fingerprint density at radius 2 is 1.63 bits per heavy atom. The first-order valence-corrected chi connectivity index (χ1v) is 14.7. The predicted octanol–water partition coefficient (Wildman–Crippen LogP) is 6.50. The summed E-state index contributed by atoms with van der Waals surface area (Å²) in [6.07, 6.45) is 3.85. The molecule has 3 heterocycles. The van der Waals surface area contributed by atoms with Crippen LogP contribution in [0.4, 0.5) is 11.5 Å². The molecule has 7 nitrogen and oxygen atoms in total. The zero-order chi connectivity index (χ0) is 28.2. The normalized spacial score (nSPS) is 15.9. The second-order valence-electron chi connectivity index (χ2n) is 11.1. The Bertz CT molecular complexity index is 1600. The molecule has 0 spiro atoms. The second-order valence-corrected chi connectivity index (χ2v) is 11.1. The minimum atomic E-state index is 0.538. The highest BCUT2D eigenvalue weighted by atomic mass is 15.3. The van der Waals surface area contributed by atoms with Gasteiger partial charge in [0.2, 0.25) is 0 Å². The van der Waals surface area contributed by atoms with Crippen molar-refractivity contribution in [1.82, 2.24) is 24.4 Å². The maximum Gasteiger partial charge on any atom is 0.170 e. The van der Waals surface area contributed by atoms with Crippen molar-refractivity contribution in [3.63, 3.8) is 0 Å². The summed E-state index contributed by atoms with van der Waals surface area (Å²) in [6, 6.07) is 27.8.